The number of urea groups is 1. The number of rotatable bonds is 13. The molecule has 4 heterocycles. The maximum Gasteiger partial charge on any atom is 0.320 e. The molecule has 4 aromatic rings. The lowest BCUT2D eigenvalue weighted by molar-refractivity contribution is 0.171. The van der Waals surface area contributed by atoms with E-state index in [0.717, 1.165) is 54.1 Å². The number of piperidine rings is 1. The minimum atomic E-state index is -3.51. The molecule has 0 radical (unpaired) electrons. The number of aryl methyl sites for hydroxylation is 1. The van der Waals surface area contributed by atoms with Crippen molar-refractivity contribution in [1.82, 2.24) is 35.0 Å². The number of benzene rings is 1. The molecular weight excluding hydrogens is 697 g/mol. The van der Waals surface area contributed by atoms with Crippen LogP contribution in [-0.2, 0) is 20.8 Å². The number of hydrogen-bond donors (Lipinski definition) is 4. The number of carbonyl (C=O) groups excluding carboxylic acids is 1. The first-order chi connectivity index (χ1) is 25.2. The Kier molecular flexibility index (Phi) is 11.4. The van der Waals surface area contributed by atoms with Gasteiger partial charge in [0.1, 0.15) is 17.7 Å². The summed E-state index contributed by atoms with van der Waals surface area (Å²) < 4.78 is 37.6. The van der Waals surface area contributed by atoms with Gasteiger partial charge in [-0.1, -0.05) is 45.0 Å². The number of anilines is 2. The first kappa shape index (κ1) is 37.8. The molecule has 1 aliphatic heterocycles. The van der Waals surface area contributed by atoms with Gasteiger partial charge in [0.2, 0.25) is 5.95 Å². The van der Waals surface area contributed by atoms with Gasteiger partial charge in [0.05, 0.1) is 37.0 Å². The Morgan fingerprint density at radius 2 is 1.85 bits per heavy atom. The van der Waals surface area contributed by atoms with Crippen LogP contribution < -0.4 is 25.6 Å². The SMILES string of the molecule is C[C@H]1CCCCN1c1nnc2ccc(O[C@@H]3CC[C@H](NC(=O)N/C(=C/C(=N)C(C)(C)C)Nc4cnn(CCCOS(C)(=O)=O)c4)c4ccccc43)cn12. The fourth-order valence-electron chi connectivity index (χ4n) is 6.63. The van der Waals surface area contributed by atoms with E-state index < -0.39 is 21.6 Å². The van der Waals surface area contributed by atoms with E-state index in [1.54, 1.807) is 23.2 Å². The number of allylic oxidation sites excluding steroid dienone is 1. The van der Waals surface area contributed by atoms with Crippen LogP contribution >= 0.6 is 0 Å². The van der Waals surface area contributed by atoms with Crippen LogP contribution in [0.3, 0.4) is 0 Å². The van der Waals surface area contributed by atoms with Crippen molar-refractivity contribution in [2.75, 3.05) is 29.6 Å². The summed E-state index contributed by atoms with van der Waals surface area (Å²) >= 11 is 0. The molecule has 3 atom stereocenters. The maximum atomic E-state index is 13.6. The van der Waals surface area contributed by atoms with Crippen molar-refractivity contribution in [3.8, 4) is 5.75 Å². The Labute approximate surface area is 310 Å². The van der Waals surface area contributed by atoms with Crippen LogP contribution in [-0.4, -0.2) is 70.0 Å². The number of nitrogens with one attached hydrogen (secondary N) is 4. The molecular formula is C37H50N10O5S. The number of amides is 2. The summed E-state index contributed by atoms with van der Waals surface area (Å²) in [7, 11) is -3.51. The van der Waals surface area contributed by atoms with Gasteiger partial charge >= 0.3 is 6.03 Å². The zero-order valence-corrected chi connectivity index (χ0v) is 31.8. The summed E-state index contributed by atoms with van der Waals surface area (Å²) in [6, 6.07) is 11.6. The molecule has 4 N–H and O–H groups in total. The van der Waals surface area contributed by atoms with Gasteiger partial charge in [0, 0.05) is 42.5 Å². The van der Waals surface area contributed by atoms with Crippen LogP contribution in [0.4, 0.5) is 16.4 Å². The second-order valence-corrected chi connectivity index (χ2v) is 16.5. The van der Waals surface area contributed by atoms with Gasteiger partial charge in [-0.15, -0.1) is 10.2 Å². The van der Waals surface area contributed by atoms with Gasteiger partial charge in [0.15, 0.2) is 5.65 Å². The summed E-state index contributed by atoms with van der Waals surface area (Å²) in [5.41, 5.74) is 3.21. The number of carbonyl (C=O) groups is 1. The highest BCUT2D eigenvalue weighted by Crippen LogP contribution is 2.39. The fourth-order valence-corrected chi connectivity index (χ4v) is 7.05. The number of nitrogens with zero attached hydrogens (tertiary/aromatic N) is 6. The van der Waals surface area contributed by atoms with Crippen LogP contribution in [0.25, 0.3) is 5.65 Å². The highest BCUT2D eigenvalue weighted by molar-refractivity contribution is 7.85. The molecule has 0 bridgehead atoms. The third-order valence-electron chi connectivity index (χ3n) is 9.52. The summed E-state index contributed by atoms with van der Waals surface area (Å²) in [5.74, 6) is 1.87. The predicted molar refractivity (Wildman–Crippen MR) is 204 cm³/mol. The fraction of sp³-hybridized carbons (Fsp3) is 0.486. The smallest absolute Gasteiger partial charge is 0.320 e. The van der Waals surface area contributed by atoms with Crippen molar-refractivity contribution in [3.05, 3.63) is 78.0 Å². The normalized spacial score (nSPS) is 19.5. The highest BCUT2D eigenvalue weighted by atomic mass is 32.2. The van der Waals surface area contributed by atoms with Crippen LogP contribution in [0.5, 0.6) is 5.75 Å². The number of hydrogen-bond acceptors (Lipinski definition) is 11. The molecule has 6 rings (SSSR count). The second-order valence-electron chi connectivity index (χ2n) is 14.8. The first-order valence-corrected chi connectivity index (χ1v) is 19.9. The van der Waals surface area contributed by atoms with E-state index >= 15 is 0 Å². The minimum absolute atomic E-state index is 0.0479. The zero-order valence-electron chi connectivity index (χ0n) is 31.0. The summed E-state index contributed by atoms with van der Waals surface area (Å²) in [6.07, 6.45) is 13.0. The van der Waals surface area contributed by atoms with E-state index in [2.05, 4.69) is 43.1 Å². The van der Waals surface area contributed by atoms with E-state index in [0.29, 0.717) is 49.1 Å². The van der Waals surface area contributed by atoms with Crippen LogP contribution in [0.2, 0.25) is 0 Å². The Hall–Kier alpha value is -4.96. The molecule has 1 aliphatic carbocycles. The molecule has 15 nitrogen and oxygen atoms in total. The maximum absolute atomic E-state index is 13.6. The number of ether oxygens (including phenoxy) is 1. The van der Waals surface area contributed by atoms with Crippen molar-refractivity contribution >= 4 is 39.1 Å². The topological polar surface area (TPSA) is 181 Å². The van der Waals surface area contributed by atoms with Crippen LogP contribution in [0, 0.1) is 10.8 Å². The molecule has 16 heteroatoms. The molecule has 1 fully saturated rings. The largest absolute Gasteiger partial charge is 0.484 e. The van der Waals surface area contributed by atoms with Gasteiger partial charge in [-0.05, 0) is 68.7 Å². The molecule has 0 unspecified atom stereocenters. The third-order valence-corrected chi connectivity index (χ3v) is 10.1. The lowest BCUT2D eigenvalue weighted by Crippen LogP contribution is -2.41. The first-order valence-electron chi connectivity index (χ1n) is 18.1. The number of pyridine rings is 1. The molecule has 53 heavy (non-hydrogen) atoms. The lowest BCUT2D eigenvalue weighted by Gasteiger charge is -2.33. The van der Waals surface area contributed by atoms with Gasteiger partial charge in [-0.2, -0.15) is 13.5 Å². The highest BCUT2D eigenvalue weighted by Gasteiger charge is 2.30. The molecule has 0 saturated carbocycles. The van der Waals surface area contributed by atoms with E-state index in [4.69, 9.17) is 14.3 Å². The monoisotopic (exact) mass is 746 g/mol. The standard InChI is InChI=1S/C37H50N10O5S/c1-25-11-8-9-19-46(25)36-44-43-34-17-14-27(24-47(34)36)52-31-16-15-30(28-12-6-7-13-29(28)31)41-35(48)42-33(21-32(38)37(2,3)4)40-26-22-39-45(23-26)18-10-20-51-53(5,49)50/h6-7,12-14,17,21-25,30-31,38,40H,8-11,15-16,18-20H2,1-5H3,(H2,41,42,48)/b33-21+,38-32?/t25-,30-,31+/m0/s1. The Balaban J connectivity index is 1.13. The van der Waals surface area contributed by atoms with Crippen molar-refractivity contribution in [1.29, 1.82) is 5.41 Å². The molecule has 1 saturated heterocycles. The Morgan fingerprint density at radius 1 is 1.06 bits per heavy atom. The Bertz CT molecular complexity index is 2070. The van der Waals surface area contributed by atoms with Gasteiger partial charge in [0.25, 0.3) is 10.1 Å². The van der Waals surface area contributed by atoms with E-state index in [1.807, 2.05) is 67.8 Å². The van der Waals surface area contributed by atoms with Gasteiger partial charge in [-0.25, -0.2) is 4.79 Å². The van der Waals surface area contributed by atoms with Crippen molar-refractivity contribution in [2.24, 2.45) is 5.41 Å². The zero-order chi connectivity index (χ0) is 37.8. The second kappa shape index (κ2) is 16.0. The summed E-state index contributed by atoms with van der Waals surface area (Å²) in [4.78, 5) is 15.9. The molecule has 1 aromatic carbocycles. The molecule has 284 valence electrons. The van der Waals surface area contributed by atoms with Crippen molar-refractivity contribution in [2.45, 2.75) is 91.0 Å². The number of aromatic nitrogens is 5. The van der Waals surface area contributed by atoms with Crippen molar-refractivity contribution < 1.29 is 22.1 Å². The van der Waals surface area contributed by atoms with Gasteiger partial charge < -0.3 is 25.7 Å². The average Bonchev–Trinajstić information content (AvgIpc) is 3.73. The van der Waals surface area contributed by atoms with Gasteiger partial charge in [-0.3, -0.25) is 18.6 Å². The van der Waals surface area contributed by atoms with E-state index in [-0.39, 0.29) is 18.8 Å². The summed E-state index contributed by atoms with van der Waals surface area (Å²) in [6.45, 7) is 9.45. The van der Waals surface area contributed by atoms with E-state index in [1.165, 1.54) is 6.42 Å². The average molecular weight is 747 g/mol. The van der Waals surface area contributed by atoms with Crippen molar-refractivity contribution in [3.63, 3.8) is 0 Å². The third kappa shape index (κ3) is 9.73. The summed E-state index contributed by atoms with van der Waals surface area (Å²) in [5, 5.41) is 31.1. The molecule has 2 amide bonds. The van der Waals surface area contributed by atoms with Crippen LogP contribution in [0.15, 0.2) is 66.9 Å². The van der Waals surface area contributed by atoms with E-state index in [9.17, 15) is 13.2 Å². The molecule has 3 aromatic heterocycles. The van der Waals surface area contributed by atoms with Crippen LogP contribution in [0.1, 0.15) is 89.5 Å². The Morgan fingerprint density at radius 3 is 2.60 bits per heavy atom. The number of fused-ring (bicyclic) bond motifs is 2. The molecule has 0 spiro atoms. The predicted octanol–water partition coefficient (Wildman–Crippen LogP) is 5.94. The quantitative estimate of drug-likeness (QED) is 0.0726. The minimum Gasteiger partial charge on any atom is -0.484 e. The molecule has 2 aliphatic rings. The lowest BCUT2D eigenvalue weighted by atomic mass is 9.85.